The van der Waals surface area contributed by atoms with Gasteiger partial charge in [-0.2, -0.15) is 0 Å². The van der Waals surface area contributed by atoms with Gasteiger partial charge in [0.05, 0.1) is 12.3 Å². The Kier molecular flexibility index (Phi) is 4.88. The van der Waals surface area contributed by atoms with Crippen LogP contribution in [0.15, 0.2) is 30.5 Å². The summed E-state index contributed by atoms with van der Waals surface area (Å²) in [5, 5.41) is 22.6. The van der Waals surface area contributed by atoms with Crippen molar-refractivity contribution in [1.82, 2.24) is 10.3 Å². The molecule has 0 spiro atoms. The van der Waals surface area contributed by atoms with Gasteiger partial charge in [0, 0.05) is 29.9 Å². The van der Waals surface area contributed by atoms with Gasteiger partial charge in [0.25, 0.3) is 0 Å². The van der Waals surface area contributed by atoms with Gasteiger partial charge in [-0.05, 0) is 31.5 Å². The fourth-order valence-electron chi connectivity index (χ4n) is 2.17. The summed E-state index contributed by atoms with van der Waals surface area (Å²) in [6, 6.07) is 6.29. The van der Waals surface area contributed by atoms with Crippen molar-refractivity contribution >= 4 is 0 Å². The maximum atomic E-state index is 13.2. The average Bonchev–Trinajstić information content (AvgIpc) is 2.48. The number of benzene rings is 1. The van der Waals surface area contributed by atoms with Gasteiger partial charge >= 0.3 is 0 Å². The van der Waals surface area contributed by atoms with Crippen molar-refractivity contribution in [2.45, 2.75) is 33.0 Å². The SMILES string of the molecule is Cc1ncc(CO)c(CNC(C)c2cccc(F)c2)c1O. The summed E-state index contributed by atoms with van der Waals surface area (Å²) in [6.07, 6.45) is 1.55. The first-order chi connectivity index (χ1) is 10.0. The topological polar surface area (TPSA) is 65.4 Å². The maximum Gasteiger partial charge on any atom is 0.141 e. The predicted octanol–water partition coefficient (Wildman–Crippen LogP) is 2.58. The molecule has 1 heterocycles. The average molecular weight is 290 g/mol. The van der Waals surface area contributed by atoms with E-state index in [1.54, 1.807) is 19.2 Å². The molecule has 1 unspecified atom stereocenters. The van der Waals surface area contributed by atoms with Gasteiger partial charge < -0.3 is 15.5 Å². The summed E-state index contributed by atoms with van der Waals surface area (Å²) in [5.41, 5.74) is 2.54. The van der Waals surface area contributed by atoms with Crippen LogP contribution in [0.4, 0.5) is 4.39 Å². The molecule has 0 bridgehead atoms. The third kappa shape index (κ3) is 3.56. The highest BCUT2D eigenvalue weighted by Gasteiger charge is 2.13. The second-order valence-corrected chi connectivity index (χ2v) is 5.01. The summed E-state index contributed by atoms with van der Waals surface area (Å²) < 4.78 is 13.2. The predicted molar refractivity (Wildman–Crippen MR) is 78.2 cm³/mol. The zero-order valence-corrected chi connectivity index (χ0v) is 12.1. The summed E-state index contributed by atoms with van der Waals surface area (Å²) in [5.74, 6) is -0.194. The normalized spacial score (nSPS) is 12.4. The molecule has 0 fully saturated rings. The lowest BCUT2D eigenvalue weighted by Gasteiger charge is -2.17. The Morgan fingerprint density at radius 1 is 1.38 bits per heavy atom. The zero-order valence-electron chi connectivity index (χ0n) is 12.1. The molecule has 2 rings (SSSR count). The van der Waals surface area contributed by atoms with Crippen molar-refractivity contribution in [3.05, 3.63) is 58.7 Å². The van der Waals surface area contributed by atoms with E-state index in [9.17, 15) is 14.6 Å². The van der Waals surface area contributed by atoms with Crippen LogP contribution < -0.4 is 5.32 Å². The summed E-state index contributed by atoms with van der Waals surface area (Å²) >= 11 is 0. The van der Waals surface area contributed by atoms with Crippen LogP contribution in [-0.4, -0.2) is 15.2 Å². The first-order valence-corrected chi connectivity index (χ1v) is 6.79. The smallest absolute Gasteiger partial charge is 0.141 e. The number of aliphatic hydroxyl groups is 1. The molecule has 1 aromatic carbocycles. The van der Waals surface area contributed by atoms with E-state index in [0.29, 0.717) is 23.4 Å². The van der Waals surface area contributed by atoms with E-state index >= 15 is 0 Å². The fraction of sp³-hybridized carbons (Fsp3) is 0.312. The molecule has 1 atom stereocenters. The van der Waals surface area contributed by atoms with E-state index in [-0.39, 0.29) is 24.2 Å². The van der Waals surface area contributed by atoms with Gasteiger partial charge in [0.2, 0.25) is 0 Å². The minimum absolute atomic E-state index is 0.0832. The van der Waals surface area contributed by atoms with Crippen LogP contribution in [-0.2, 0) is 13.2 Å². The zero-order chi connectivity index (χ0) is 15.4. The highest BCUT2D eigenvalue weighted by atomic mass is 19.1. The van der Waals surface area contributed by atoms with Crippen LogP contribution in [0, 0.1) is 12.7 Å². The van der Waals surface area contributed by atoms with Gasteiger partial charge in [-0.1, -0.05) is 12.1 Å². The molecule has 1 aromatic heterocycles. The van der Waals surface area contributed by atoms with Crippen LogP contribution in [0.3, 0.4) is 0 Å². The van der Waals surface area contributed by atoms with E-state index < -0.39 is 0 Å². The van der Waals surface area contributed by atoms with Crippen molar-refractivity contribution in [1.29, 1.82) is 0 Å². The highest BCUT2D eigenvalue weighted by Crippen LogP contribution is 2.24. The number of aromatic nitrogens is 1. The van der Waals surface area contributed by atoms with Crippen molar-refractivity contribution in [3.63, 3.8) is 0 Å². The van der Waals surface area contributed by atoms with Gasteiger partial charge in [-0.15, -0.1) is 0 Å². The minimum atomic E-state index is -0.278. The molecule has 4 nitrogen and oxygen atoms in total. The van der Waals surface area contributed by atoms with Crippen molar-refractivity contribution in [2.75, 3.05) is 0 Å². The van der Waals surface area contributed by atoms with Crippen LogP contribution in [0.1, 0.15) is 35.3 Å². The maximum absolute atomic E-state index is 13.2. The summed E-state index contributed by atoms with van der Waals surface area (Å²) in [4.78, 5) is 4.02. The highest BCUT2D eigenvalue weighted by molar-refractivity contribution is 5.40. The molecule has 0 saturated heterocycles. The second kappa shape index (κ2) is 6.65. The second-order valence-electron chi connectivity index (χ2n) is 5.01. The number of rotatable bonds is 5. The van der Waals surface area contributed by atoms with Crippen LogP contribution in [0.25, 0.3) is 0 Å². The number of aliphatic hydroxyl groups excluding tert-OH is 1. The number of aryl methyl sites for hydroxylation is 1. The number of hydrogen-bond acceptors (Lipinski definition) is 4. The lowest BCUT2D eigenvalue weighted by molar-refractivity contribution is 0.278. The third-order valence-corrected chi connectivity index (χ3v) is 3.53. The van der Waals surface area contributed by atoms with Crippen LogP contribution >= 0.6 is 0 Å². The number of nitrogens with one attached hydrogen (secondary N) is 1. The molecule has 0 radical (unpaired) electrons. The molecule has 0 aliphatic rings. The molecule has 5 heteroatoms. The Morgan fingerprint density at radius 2 is 2.14 bits per heavy atom. The number of hydrogen-bond donors (Lipinski definition) is 3. The molecular formula is C16H19FN2O2. The fourth-order valence-corrected chi connectivity index (χ4v) is 2.17. The van der Waals surface area contributed by atoms with Gasteiger partial charge in [0.15, 0.2) is 0 Å². The molecule has 0 aliphatic carbocycles. The summed E-state index contributed by atoms with van der Waals surface area (Å²) in [7, 11) is 0. The molecule has 3 N–H and O–H groups in total. The summed E-state index contributed by atoms with van der Waals surface area (Å²) in [6.45, 7) is 3.80. The molecule has 112 valence electrons. The largest absolute Gasteiger partial charge is 0.506 e. The van der Waals surface area contributed by atoms with Gasteiger partial charge in [-0.25, -0.2) is 4.39 Å². The Balaban J connectivity index is 2.14. The quantitative estimate of drug-likeness (QED) is 0.792. The molecule has 0 saturated carbocycles. The first kappa shape index (κ1) is 15.4. The monoisotopic (exact) mass is 290 g/mol. The Labute approximate surface area is 123 Å². The van der Waals surface area contributed by atoms with E-state index in [1.807, 2.05) is 13.0 Å². The standard InChI is InChI=1S/C16H19FN2O2/c1-10(12-4-3-5-14(17)6-12)19-8-15-13(9-20)7-18-11(2)16(15)21/h3-7,10,19-21H,8-9H2,1-2H3. The van der Waals surface area contributed by atoms with Crippen molar-refractivity contribution < 1.29 is 14.6 Å². The van der Waals surface area contributed by atoms with Crippen LogP contribution in [0.5, 0.6) is 5.75 Å². The minimum Gasteiger partial charge on any atom is -0.506 e. The first-order valence-electron chi connectivity index (χ1n) is 6.79. The van der Waals surface area contributed by atoms with Crippen molar-refractivity contribution in [3.8, 4) is 5.75 Å². The Hall–Kier alpha value is -1.98. The van der Waals surface area contributed by atoms with Gasteiger partial charge in [-0.3, -0.25) is 4.98 Å². The number of pyridine rings is 1. The van der Waals surface area contributed by atoms with E-state index in [2.05, 4.69) is 10.3 Å². The molecule has 21 heavy (non-hydrogen) atoms. The molecule has 0 amide bonds. The Morgan fingerprint density at radius 3 is 2.81 bits per heavy atom. The van der Waals surface area contributed by atoms with E-state index in [4.69, 9.17) is 0 Å². The van der Waals surface area contributed by atoms with Gasteiger partial charge in [0.1, 0.15) is 11.6 Å². The molecule has 2 aromatic rings. The Bertz CT molecular complexity index is 632. The third-order valence-electron chi connectivity index (χ3n) is 3.53. The number of aromatic hydroxyl groups is 1. The number of nitrogens with zero attached hydrogens (tertiary/aromatic N) is 1. The van der Waals surface area contributed by atoms with Crippen LogP contribution in [0.2, 0.25) is 0 Å². The lowest BCUT2D eigenvalue weighted by atomic mass is 10.1. The lowest BCUT2D eigenvalue weighted by Crippen LogP contribution is -2.19. The molecular weight excluding hydrogens is 271 g/mol. The number of halogens is 1. The van der Waals surface area contributed by atoms with Crippen molar-refractivity contribution in [2.24, 2.45) is 0 Å². The van der Waals surface area contributed by atoms with E-state index in [0.717, 1.165) is 5.56 Å². The van der Waals surface area contributed by atoms with E-state index in [1.165, 1.54) is 12.1 Å². The molecule has 0 aliphatic heterocycles.